The van der Waals surface area contributed by atoms with Crippen LogP contribution in [0.2, 0.25) is 0 Å². The zero-order valence-electron chi connectivity index (χ0n) is 11.3. The topological polar surface area (TPSA) is 66.1 Å². The van der Waals surface area contributed by atoms with Gasteiger partial charge in [-0.3, -0.25) is 5.10 Å². The molecular formula is C12H20ClN3O2S. The van der Waals surface area contributed by atoms with E-state index in [9.17, 15) is 8.42 Å². The molecule has 5 nitrogen and oxygen atoms in total. The van der Waals surface area contributed by atoms with Gasteiger partial charge in [-0.25, -0.2) is 8.42 Å². The first-order valence-electron chi connectivity index (χ1n) is 6.45. The van der Waals surface area contributed by atoms with Crippen LogP contribution in [-0.2, 0) is 15.9 Å². The highest BCUT2D eigenvalue weighted by atomic mass is 35.5. The third-order valence-corrected chi connectivity index (χ3v) is 5.92. The van der Waals surface area contributed by atoms with Gasteiger partial charge < -0.3 is 0 Å². The average Bonchev–Trinajstić information content (AvgIpc) is 2.74. The van der Waals surface area contributed by atoms with E-state index in [2.05, 4.69) is 24.0 Å². The van der Waals surface area contributed by atoms with Crippen molar-refractivity contribution in [2.24, 2.45) is 5.41 Å². The molecule has 0 spiro atoms. The van der Waals surface area contributed by atoms with E-state index < -0.39 is 10.0 Å². The predicted octanol–water partition coefficient (Wildman–Crippen LogP) is 2.35. The van der Waals surface area contributed by atoms with Crippen LogP contribution < -0.4 is 0 Å². The number of hydrogen-bond acceptors (Lipinski definition) is 3. The second kappa shape index (κ2) is 5.42. The summed E-state index contributed by atoms with van der Waals surface area (Å²) in [5.41, 5.74) is 0.735. The molecule has 7 heteroatoms. The Labute approximate surface area is 119 Å². The molecule has 0 unspecified atom stereocenters. The van der Waals surface area contributed by atoms with Gasteiger partial charge in [0.25, 0.3) is 10.0 Å². The zero-order valence-corrected chi connectivity index (χ0v) is 12.9. The average molecular weight is 306 g/mol. The first kappa shape index (κ1) is 14.8. The van der Waals surface area contributed by atoms with Crippen molar-refractivity contribution in [2.75, 3.05) is 13.1 Å². The number of nitrogens with zero attached hydrogens (tertiary/aromatic N) is 2. The molecule has 1 fully saturated rings. The molecule has 0 bridgehead atoms. The summed E-state index contributed by atoms with van der Waals surface area (Å²) in [6, 6.07) is 0. The fourth-order valence-electron chi connectivity index (χ4n) is 2.39. The Balaban J connectivity index is 2.25. The predicted molar refractivity (Wildman–Crippen MR) is 74.5 cm³/mol. The van der Waals surface area contributed by atoms with Crippen molar-refractivity contribution in [2.45, 2.75) is 44.0 Å². The Bertz CT molecular complexity index is 539. The lowest BCUT2D eigenvalue weighted by molar-refractivity contribution is 0.314. The third-order valence-electron chi connectivity index (χ3n) is 3.72. The van der Waals surface area contributed by atoms with E-state index in [1.807, 2.05) is 0 Å². The number of aromatic nitrogens is 2. The fraction of sp³-hybridized carbons (Fsp3) is 0.750. The number of aromatic amines is 1. The zero-order chi connectivity index (χ0) is 14.1. The van der Waals surface area contributed by atoms with Gasteiger partial charge in [-0.1, -0.05) is 13.8 Å². The van der Waals surface area contributed by atoms with Crippen molar-refractivity contribution in [3.05, 3.63) is 11.8 Å². The lowest BCUT2D eigenvalue weighted by Gasteiger charge is -2.22. The van der Waals surface area contributed by atoms with Crippen molar-refractivity contribution in [3.8, 4) is 0 Å². The highest BCUT2D eigenvalue weighted by Crippen LogP contribution is 2.32. The van der Waals surface area contributed by atoms with E-state index in [1.165, 1.54) is 6.20 Å². The Kier molecular flexibility index (Phi) is 4.23. The van der Waals surface area contributed by atoms with Crippen molar-refractivity contribution in [1.29, 1.82) is 0 Å². The van der Waals surface area contributed by atoms with Crippen molar-refractivity contribution >= 4 is 21.6 Å². The number of nitrogens with one attached hydrogen (secondary N) is 1. The normalized spacial score (nSPS) is 21.2. The van der Waals surface area contributed by atoms with Gasteiger partial charge in [0.15, 0.2) is 5.03 Å². The number of rotatable bonds is 3. The van der Waals surface area contributed by atoms with Gasteiger partial charge in [-0.15, -0.1) is 11.6 Å². The second-order valence-electron chi connectivity index (χ2n) is 5.78. The Hall–Kier alpha value is -0.590. The van der Waals surface area contributed by atoms with Gasteiger partial charge >= 0.3 is 0 Å². The third kappa shape index (κ3) is 3.12. The van der Waals surface area contributed by atoms with Gasteiger partial charge in [0.1, 0.15) is 0 Å². The molecule has 2 rings (SSSR count). The quantitative estimate of drug-likeness (QED) is 0.872. The summed E-state index contributed by atoms with van der Waals surface area (Å²) in [5.74, 6) is 0.143. The van der Waals surface area contributed by atoms with Crippen molar-refractivity contribution in [3.63, 3.8) is 0 Å². The van der Waals surface area contributed by atoms with Crippen LogP contribution in [0.4, 0.5) is 0 Å². The van der Waals surface area contributed by atoms with Crippen LogP contribution in [0.15, 0.2) is 11.2 Å². The molecule has 0 radical (unpaired) electrons. The van der Waals surface area contributed by atoms with Crippen LogP contribution in [0.1, 0.15) is 38.7 Å². The summed E-state index contributed by atoms with van der Waals surface area (Å²) in [5, 5.41) is 6.50. The molecule has 1 saturated heterocycles. The summed E-state index contributed by atoms with van der Waals surface area (Å²) in [6.07, 6.45) is 4.28. The van der Waals surface area contributed by atoms with Crippen LogP contribution in [0, 0.1) is 5.41 Å². The van der Waals surface area contributed by atoms with E-state index in [-0.39, 0.29) is 16.3 Å². The molecular weight excluding hydrogens is 286 g/mol. The van der Waals surface area contributed by atoms with Gasteiger partial charge in [0, 0.05) is 18.7 Å². The Morgan fingerprint density at radius 3 is 2.84 bits per heavy atom. The van der Waals surface area contributed by atoms with Crippen LogP contribution in [-0.4, -0.2) is 36.0 Å². The standard InChI is InChI=1S/C12H20ClN3O2S/c1-12(2)4-3-6-16(7-5-12)19(17,18)11-10(8-13)9-14-15-11/h9H,3-8H2,1-2H3,(H,14,15). The number of sulfonamides is 1. The minimum Gasteiger partial charge on any atom is -0.266 e. The lowest BCUT2D eigenvalue weighted by Crippen LogP contribution is -2.33. The highest BCUT2D eigenvalue weighted by Gasteiger charge is 2.32. The summed E-state index contributed by atoms with van der Waals surface area (Å²) >= 11 is 5.75. The summed E-state index contributed by atoms with van der Waals surface area (Å²) in [6.45, 7) is 5.48. The maximum absolute atomic E-state index is 12.6. The SMILES string of the molecule is CC1(C)CCCN(S(=O)(=O)c2[nH]ncc2CCl)CC1. The fourth-order valence-corrected chi connectivity index (χ4v) is 4.25. The molecule has 0 aliphatic carbocycles. The molecule has 108 valence electrons. The molecule has 0 amide bonds. The molecule has 1 aliphatic rings. The first-order valence-corrected chi connectivity index (χ1v) is 8.43. The highest BCUT2D eigenvalue weighted by molar-refractivity contribution is 7.89. The van der Waals surface area contributed by atoms with Crippen LogP contribution >= 0.6 is 11.6 Å². The number of halogens is 1. The smallest absolute Gasteiger partial charge is 0.260 e. The lowest BCUT2D eigenvalue weighted by atomic mass is 9.85. The van der Waals surface area contributed by atoms with Crippen molar-refractivity contribution < 1.29 is 8.42 Å². The van der Waals surface area contributed by atoms with E-state index >= 15 is 0 Å². The van der Waals surface area contributed by atoms with Crippen LogP contribution in [0.3, 0.4) is 0 Å². The van der Waals surface area contributed by atoms with Gasteiger partial charge in [0.05, 0.1) is 12.1 Å². The molecule has 1 aromatic heterocycles. The first-order chi connectivity index (χ1) is 8.87. The molecule has 0 saturated carbocycles. The number of alkyl halides is 1. The number of H-pyrrole nitrogens is 1. The molecule has 1 aliphatic heterocycles. The molecule has 1 aromatic rings. The number of hydrogen-bond donors (Lipinski definition) is 1. The van der Waals surface area contributed by atoms with E-state index in [1.54, 1.807) is 4.31 Å². The largest absolute Gasteiger partial charge is 0.266 e. The van der Waals surface area contributed by atoms with E-state index in [0.717, 1.165) is 19.3 Å². The molecule has 0 aromatic carbocycles. The minimum absolute atomic E-state index is 0.141. The molecule has 0 atom stereocenters. The second-order valence-corrected chi connectivity index (χ2v) is 7.92. The Morgan fingerprint density at radius 2 is 2.16 bits per heavy atom. The van der Waals surface area contributed by atoms with Gasteiger partial charge in [-0.05, 0) is 24.7 Å². The summed E-state index contributed by atoms with van der Waals surface area (Å²) in [4.78, 5) is 0. The van der Waals surface area contributed by atoms with E-state index in [4.69, 9.17) is 11.6 Å². The minimum atomic E-state index is -3.50. The maximum atomic E-state index is 12.6. The van der Waals surface area contributed by atoms with Gasteiger partial charge in [-0.2, -0.15) is 9.40 Å². The summed E-state index contributed by atoms with van der Waals surface area (Å²) < 4.78 is 26.7. The molecule has 1 N–H and O–H groups in total. The molecule has 2 heterocycles. The van der Waals surface area contributed by atoms with E-state index in [0.29, 0.717) is 18.7 Å². The van der Waals surface area contributed by atoms with Crippen LogP contribution in [0.25, 0.3) is 0 Å². The van der Waals surface area contributed by atoms with Crippen molar-refractivity contribution in [1.82, 2.24) is 14.5 Å². The Morgan fingerprint density at radius 1 is 1.42 bits per heavy atom. The summed E-state index contributed by atoms with van der Waals surface area (Å²) in [7, 11) is -3.50. The monoisotopic (exact) mass is 305 g/mol. The molecule has 19 heavy (non-hydrogen) atoms. The van der Waals surface area contributed by atoms with Crippen LogP contribution in [0.5, 0.6) is 0 Å². The van der Waals surface area contributed by atoms with Gasteiger partial charge in [0.2, 0.25) is 0 Å². The maximum Gasteiger partial charge on any atom is 0.260 e.